The first-order chi connectivity index (χ1) is 20.1. The van der Waals surface area contributed by atoms with Crippen molar-refractivity contribution in [3.8, 4) is 11.7 Å². The molecule has 224 valence electrons. The van der Waals surface area contributed by atoms with Gasteiger partial charge in [0, 0.05) is 0 Å². The van der Waals surface area contributed by atoms with Crippen molar-refractivity contribution in [2.75, 3.05) is 12.3 Å². The van der Waals surface area contributed by atoms with Gasteiger partial charge in [0.05, 0.1) is 30.4 Å². The fraction of sp³-hybridized carbons (Fsp3) is 0.417. The number of aryl methyl sites for hydroxylation is 1. The van der Waals surface area contributed by atoms with Gasteiger partial charge in [-0.15, -0.1) is 5.10 Å². The summed E-state index contributed by atoms with van der Waals surface area (Å²) in [6.07, 6.45) is 1.05. The molecule has 0 unspecified atom stereocenters. The van der Waals surface area contributed by atoms with E-state index in [0.717, 1.165) is 31.4 Å². The molecule has 4 aromatic rings. The van der Waals surface area contributed by atoms with Crippen LogP contribution in [0, 0.1) is 0 Å². The highest BCUT2D eigenvalue weighted by molar-refractivity contribution is 7.85. The number of carbonyl (C=O) groups is 1. The molecule has 0 aliphatic carbocycles. The van der Waals surface area contributed by atoms with Crippen molar-refractivity contribution in [3.63, 3.8) is 0 Å². The Hall–Kier alpha value is -4.23. The van der Waals surface area contributed by atoms with Crippen molar-refractivity contribution in [1.29, 1.82) is 0 Å². The third-order valence-corrected chi connectivity index (χ3v) is 7.47. The van der Waals surface area contributed by atoms with Crippen LogP contribution in [0.15, 0.2) is 36.8 Å². The first-order valence-corrected chi connectivity index (χ1v) is 14.4. The summed E-state index contributed by atoms with van der Waals surface area (Å²) in [6.45, 7) is 1.35. The number of aliphatic hydroxyl groups excluding tert-OH is 2. The predicted molar refractivity (Wildman–Crippen MR) is 144 cm³/mol. The maximum atomic E-state index is 12.3. The highest BCUT2D eigenvalue weighted by atomic mass is 32.2. The minimum absolute atomic E-state index is 0.0241. The molecule has 1 aromatic carbocycles. The molecule has 18 heteroatoms. The number of phenolic OH excluding ortho intramolecular Hbond substituents is 1. The summed E-state index contributed by atoms with van der Waals surface area (Å²) < 4.78 is 39.6. The smallest absolute Gasteiger partial charge is 0.362 e. The molecule has 6 N–H and O–H groups in total. The number of benzene rings is 1. The number of anilines is 1. The molecule has 1 aliphatic rings. The SMILES string of the molecule is CCCCCc1cn(-c2nc(N)c3ncn([C@@H]4O[C@H](COS(=O)(=O)NC(=O)c5ccccc5O)[C@@H](O)[C@H]4O)c3n2)nn1. The number of fused-ring (bicyclic) bond motifs is 1. The van der Waals surface area contributed by atoms with Crippen LogP contribution in [-0.4, -0.2) is 89.1 Å². The quantitative estimate of drug-likeness (QED) is 0.139. The van der Waals surface area contributed by atoms with E-state index in [4.69, 9.17) is 14.7 Å². The van der Waals surface area contributed by atoms with Gasteiger partial charge >= 0.3 is 10.3 Å². The first-order valence-electron chi connectivity index (χ1n) is 13.0. The lowest BCUT2D eigenvalue weighted by molar-refractivity contribution is -0.0468. The standard InChI is InChI=1S/C24H29N9O8S/c1-2-3-4-7-13-10-33(31-29-13)24-27-20(25)17-21(28-24)32(12-26-17)23-19(36)18(35)16(41-23)11-40-42(38,39)30-22(37)14-8-5-6-9-15(14)34/h5-6,8-10,12,16,18-19,23,34-36H,2-4,7,11H2,1H3,(H,30,37)(H2,25,27,28)/t16-,18-,19-,23-/m1/s1. The van der Waals surface area contributed by atoms with E-state index in [0.29, 0.717) is 0 Å². The van der Waals surface area contributed by atoms with Gasteiger partial charge in [-0.2, -0.15) is 23.1 Å². The van der Waals surface area contributed by atoms with Crippen molar-refractivity contribution < 1.29 is 37.5 Å². The van der Waals surface area contributed by atoms with Gasteiger partial charge in [-0.05, 0) is 25.0 Å². The Morgan fingerprint density at radius 3 is 2.74 bits per heavy atom. The van der Waals surface area contributed by atoms with Gasteiger partial charge in [0.1, 0.15) is 29.6 Å². The van der Waals surface area contributed by atoms with E-state index in [9.17, 15) is 28.5 Å². The van der Waals surface area contributed by atoms with E-state index in [1.807, 2.05) is 0 Å². The Morgan fingerprint density at radius 1 is 1.19 bits per heavy atom. The molecule has 42 heavy (non-hydrogen) atoms. The molecular weight excluding hydrogens is 574 g/mol. The maximum absolute atomic E-state index is 12.3. The number of aliphatic hydroxyl groups is 2. The van der Waals surface area contributed by atoms with Gasteiger partial charge in [0.25, 0.3) is 11.9 Å². The van der Waals surface area contributed by atoms with E-state index in [2.05, 4.69) is 32.2 Å². The Kier molecular flexibility index (Phi) is 8.32. The largest absolute Gasteiger partial charge is 0.507 e. The third-order valence-electron chi connectivity index (χ3n) is 6.58. The summed E-state index contributed by atoms with van der Waals surface area (Å²) in [6, 6.07) is 5.33. The van der Waals surface area contributed by atoms with Crippen LogP contribution < -0.4 is 10.5 Å². The van der Waals surface area contributed by atoms with Gasteiger partial charge < -0.3 is 25.8 Å². The highest BCUT2D eigenvalue weighted by Crippen LogP contribution is 2.32. The number of hydrogen-bond acceptors (Lipinski definition) is 14. The summed E-state index contributed by atoms with van der Waals surface area (Å²) in [4.78, 5) is 25.1. The minimum Gasteiger partial charge on any atom is -0.507 e. The monoisotopic (exact) mass is 603 g/mol. The van der Waals surface area contributed by atoms with Crippen LogP contribution in [0.3, 0.4) is 0 Å². The normalized spacial score (nSPS) is 20.7. The molecule has 0 radical (unpaired) electrons. The number of nitrogens with zero attached hydrogens (tertiary/aromatic N) is 7. The number of unbranched alkanes of at least 4 members (excludes halogenated alkanes) is 2. The fourth-order valence-electron chi connectivity index (χ4n) is 4.40. The Bertz CT molecular complexity index is 1690. The van der Waals surface area contributed by atoms with Gasteiger partial charge in [0.15, 0.2) is 17.7 Å². The lowest BCUT2D eigenvalue weighted by atomic mass is 10.1. The van der Waals surface area contributed by atoms with E-state index in [1.165, 1.54) is 39.8 Å². The van der Waals surface area contributed by atoms with E-state index in [1.54, 1.807) is 10.9 Å². The van der Waals surface area contributed by atoms with Crippen LogP contribution in [-0.2, 0) is 25.6 Å². The topological polar surface area (TPSA) is 243 Å². The van der Waals surface area contributed by atoms with Crippen LogP contribution >= 0.6 is 0 Å². The number of hydrogen-bond donors (Lipinski definition) is 5. The number of para-hydroxylation sites is 1. The average molecular weight is 604 g/mol. The molecular formula is C24H29N9O8S. The molecule has 17 nitrogen and oxygen atoms in total. The van der Waals surface area contributed by atoms with Crippen LogP contribution in [0.4, 0.5) is 5.82 Å². The average Bonchev–Trinajstić information content (AvgIpc) is 3.66. The summed E-state index contributed by atoms with van der Waals surface area (Å²) in [7, 11) is -4.68. The number of nitrogen functional groups attached to an aromatic ring is 1. The lowest BCUT2D eigenvalue weighted by Gasteiger charge is -2.16. The van der Waals surface area contributed by atoms with Gasteiger partial charge in [-0.25, -0.2) is 9.71 Å². The Morgan fingerprint density at radius 2 is 1.98 bits per heavy atom. The van der Waals surface area contributed by atoms with Crippen LogP contribution in [0.1, 0.15) is 48.5 Å². The predicted octanol–water partition coefficient (Wildman–Crippen LogP) is -0.262. The van der Waals surface area contributed by atoms with Gasteiger partial charge in [-0.1, -0.05) is 37.1 Å². The number of amides is 1. The van der Waals surface area contributed by atoms with Crippen molar-refractivity contribution in [2.45, 2.75) is 57.1 Å². The summed E-state index contributed by atoms with van der Waals surface area (Å²) >= 11 is 0. The van der Waals surface area contributed by atoms with Crippen molar-refractivity contribution >= 4 is 33.2 Å². The zero-order chi connectivity index (χ0) is 30.0. The Balaban J connectivity index is 1.30. The molecule has 1 saturated heterocycles. The van der Waals surface area contributed by atoms with Crippen LogP contribution in [0.2, 0.25) is 0 Å². The van der Waals surface area contributed by atoms with E-state index in [-0.39, 0.29) is 28.5 Å². The van der Waals surface area contributed by atoms with Crippen molar-refractivity contribution in [3.05, 3.63) is 48.0 Å². The summed E-state index contributed by atoms with van der Waals surface area (Å²) in [5.74, 6) is -1.44. The molecule has 4 heterocycles. The number of nitrogens with two attached hydrogens (primary N) is 1. The van der Waals surface area contributed by atoms with Gasteiger partial charge in [0.2, 0.25) is 0 Å². The maximum Gasteiger partial charge on any atom is 0.362 e. The van der Waals surface area contributed by atoms with Crippen molar-refractivity contribution in [1.82, 2.24) is 39.2 Å². The highest BCUT2D eigenvalue weighted by Gasteiger charge is 2.45. The number of phenols is 1. The van der Waals surface area contributed by atoms with Crippen LogP contribution in [0.5, 0.6) is 5.75 Å². The first kappa shape index (κ1) is 29.3. The van der Waals surface area contributed by atoms with E-state index >= 15 is 0 Å². The molecule has 4 atom stereocenters. The van der Waals surface area contributed by atoms with Gasteiger partial charge in [-0.3, -0.25) is 13.5 Å². The molecule has 3 aromatic heterocycles. The molecule has 0 bridgehead atoms. The molecule has 1 aliphatic heterocycles. The van der Waals surface area contributed by atoms with Crippen LogP contribution in [0.25, 0.3) is 17.1 Å². The number of nitrogens with one attached hydrogen (secondary N) is 1. The number of rotatable bonds is 11. The van der Waals surface area contributed by atoms with Crippen molar-refractivity contribution in [2.24, 2.45) is 0 Å². The zero-order valence-electron chi connectivity index (χ0n) is 22.3. The molecule has 5 rings (SSSR count). The second-order valence-electron chi connectivity index (χ2n) is 9.58. The second-order valence-corrected chi connectivity index (χ2v) is 10.9. The second kappa shape index (κ2) is 11.9. The summed E-state index contributed by atoms with van der Waals surface area (Å²) in [5, 5.41) is 39.3. The zero-order valence-corrected chi connectivity index (χ0v) is 23.1. The molecule has 1 amide bonds. The number of aromatic nitrogens is 7. The Labute approximate surface area is 239 Å². The lowest BCUT2D eigenvalue weighted by Crippen LogP contribution is -2.37. The molecule has 0 saturated carbocycles. The summed E-state index contributed by atoms with van der Waals surface area (Å²) in [5.41, 5.74) is 6.93. The number of imidazole rings is 1. The fourth-order valence-corrected chi connectivity index (χ4v) is 5.11. The molecule has 0 spiro atoms. The number of aromatic hydroxyl groups is 1. The molecule has 1 fully saturated rings. The number of carbonyl (C=O) groups excluding carboxylic acids is 1. The number of ether oxygens (including phenoxy) is 1. The minimum atomic E-state index is -4.68. The third kappa shape index (κ3) is 6.02. The van der Waals surface area contributed by atoms with E-state index < -0.39 is 53.1 Å².